The molecule has 1 aromatic heterocycles. The number of hydrogen-bond donors (Lipinski definition) is 1. The van der Waals surface area contributed by atoms with Crippen LogP contribution in [0.2, 0.25) is 0 Å². The van der Waals surface area contributed by atoms with E-state index in [1.165, 1.54) is 11.3 Å². The Bertz CT molecular complexity index is 790. The minimum absolute atomic E-state index is 0.0402. The lowest BCUT2D eigenvalue weighted by Crippen LogP contribution is -2.48. The second kappa shape index (κ2) is 9.32. The summed E-state index contributed by atoms with van der Waals surface area (Å²) in [5.41, 5.74) is 0.123. The first-order valence-electron chi connectivity index (χ1n) is 8.76. The van der Waals surface area contributed by atoms with E-state index in [9.17, 15) is 18.0 Å². The van der Waals surface area contributed by atoms with Crippen LogP contribution in [0.4, 0.5) is 5.13 Å². The molecule has 2 atom stereocenters. The number of esters is 1. The van der Waals surface area contributed by atoms with Crippen molar-refractivity contribution in [1.29, 1.82) is 0 Å². The number of nitrogens with zero attached hydrogens (tertiary/aromatic N) is 2. The highest BCUT2D eigenvalue weighted by Gasteiger charge is 2.36. The van der Waals surface area contributed by atoms with Crippen LogP contribution in [0.3, 0.4) is 0 Å². The van der Waals surface area contributed by atoms with Gasteiger partial charge in [-0.25, -0.2) is 18.2 Å². The van der Waals surface area contributed by atoms with Crippen LogP contribution in [-0.4, -0.2) is 66.9 Å². The van der Waals surface area contributed by atoms with Gasteiger partial charge in [0, 0.05) is 24.0 Å². The van der Waals surface area contributed by atoms with E-state index in [0.29, 0.717) is 24.5 Å². The van der Waals surface area contributed by atoms with Crippen molar-refractivity contribution in [3.63, 3.8) is 0 Å². The summed E-state index contributed by atoms with van der Waals surface area (Å²) in [6.45, 7) is 7.46. The van der Waals surface area contributed by atoms with Gasteiger partial charge in [-0.1, -0.05) is 13.0 Å². The molecule has 10 heteroatoms. The summed E-state index contributed by atoms with van der Waals surface area (Å²) in [6.07, 6.45) is 2.77. The highest BCUT2D eigenvalue weighted by molar-refractivity contribution is 7.91. The number of rotatable bonds is 9. The summed E-state index contributed by atoms with van der Waals surface area (Å²) >= 11 is 1.25. The summed E-state index contributed by atoms with van der Waals surface area (Å²) in [7, 11) is -3.12. The predicted octanol–water partition coefficient (Wildman–Crippen LogP) is 1.71. The molecule has 27 heavy (non-hydrogen) atoms. The molecule has 2 rings (SSSR count). The van der Waals surface area contributed by atoms with Crippen LogP contribution in [0.5, 0.6) is 0 Å². The number of anilines is 1. The topological polar surface area (TPSA) is 106 Å². The Labute approximate surface area is 163 Å². The minimum atomic E-state index is -3.12. The molecule has 0 spiro atoms. The first-order chi connectivity index (χ1) is 12.8. The van der Waals surface area contributed by atoms with Crippen LogP contribution in [0, 0.1) is 0 Å². The van der Waals surface area contributed by atoms with E-state index < -0.39 is 22.4 Å². The number of ether oxygens (including phenoxy) is 1. The van der Waals surface area contributed by atoms with Gasteiger partial charge in [0.05, 0.1) is 11.5 Å². The fourth-order valence-corrected chi connectivity index (χ4v) is 5.29. The summed E-state index contributed by atoms with van der Waals surface area (Å²) in [4.78, 5) is 30.4. The average molecular weight is 416 g/mol. The van der Waals surface area contributed by atoms with Gasteiger partial charge in [-0.3, -0.25) is 4.79 Å². The van der Waals surface area contributed by atoms with Gasteiger partial charge in [0.15, 0.2) is 27.3 Å². The number of carbonyl (C=O) groups excluding carboxylic acids is 2. The number of aromatic nitrogens is 1. The second-order valence-corrected chi connectivity index (χ2v) is 9.49. The molecular formula is C17H25N3O5S2. The molecule has 1 fully saturated rings. The van der Waals surface area contributed by atoms with E-state index in [2.05, 4.69) is 16.9 Å². The van der Waals surface area contributed by atoms with E-state index in [0.717, 1.165) is 0 Å². The van der Waals surface area contributed by atoms with Crippen molar-refractivity contribution in [1.82, 2.24) is 9.88 Å². The van der Waals surface area contributed by atoms with Crippen LogP contribution in [0.1, 0.15) is 37.2 Å². The largest absolute Gasteiger partial charge is 0.451 e. The smallest absolute Gasteiger partial charge is 0.358 e. The van der Waals surface area contributed by atoms with Crippen LogP contribution < -0.4 is 5.32 Å². The molecule has 0 aliphatic carbocycles. The fourth-order valence-electron chi connectivity index (χ4n) is 2.88. The normalized spacial score (nSPS) is 19.3. The Morgan fingerprint density at radius 3 is 2.89 bits per heavy atom. The molecule has 1 aromatic rings. The maximum Gasteiger partial charge on any atom is 0.358 e. The molecule has 0 radical (unpaired) electrons. The monoisotopic (exact) mass is 415 g/mol. The van der Waals surface area contributed by atoms with Gasteiger partial charge in [0.2, 0.25) is 0 Å². The van der Waals surface area contributed by atoms with Crippen molar-refractivity contribution < 1.29 is 22.7 Å². The summed E-state index contributed by atoms with van der Waals surface area (Å²) in [5.74, 6) is -1.03. The Morgan fingerprint density at radius 2 is 2.30 bits per heavy atom. The molecule has 8 nitrogen and oxygen atoms in total. The second-order valence-electron chi connectivity index (χ2n) is 6.40. The van der Waals surface area contributed by atoms with Crippen LogP contribution in [0.25, 0.3) is 0 Å². The zero-order valence-electron chi connectivity index (χ0n) is 15.5. The number of carbonyl (C=O) groups is 2. The third kappa shape index (κ3) is 5.77. The molecule has 0 bridgehead atoms. The van der Waals surface area contributed by atoms with E-state index in [-0.39, 0.29) is 35.2 Å². The molecule has 1 aliphatic rings. The minimum Gasteiger partial charge on any atom is -0.451 e. The third-order valence-electron chi connectivity index (χ3n) is 4.39. The van der Waals surface area contributed by atoms with Gasteiger partial charge in [-0.15, -0.1) is 17.9 Å². The predicted molar refractivity (Wildman–Crippen MR) is 105 cm³/mol. The van der Waals surface area contributed by atoms with Crippen molar-refractivity contribution in [2.45, 2.75) is 38.8 Å². The quantitative estimate of drug-likeness (QED) is 0.483. The highest BCUT2D eigenvalue weighted by atomic mass is 32.2. The van der Waals surface area contributed by atoms with E-state index in [4.69, 9.17) is 4.74 Å². The van der Waals surface area contributed by atoms with Crippen molar-refractivity contribution >= 4 is 38.2 Å². The van der Waals surface area contributed by atoms with Crippen LogP contribution in [-0.2, 0) is 19.4 Å². The molecule has 0 aromatic carbocycles. The average Bonchev–Trinajstić information content (AvgIpc) is 3.24. The van der Waals surface area contributed by atoms with Gasteiger partial charge in [0.1, 0.15) is 0 Å². The molecule has 1 saturated heterocycles. The lowest BCUT2D eigenvalue weighted by Gasteiger charge is -2.33. The van der Waals surface area contributed by atoms with Crippen molar-refractivity contribution in [3.05, 3.63) is 23.7 Å². The molecule has 2 heterocycles. The molecule has 1 aliphatic heterocycles. The molecule has 0 saturated carbocycles. The summed E-state index contributed by atoms with van der Waals surface area (Å²) < 4.78 is 28.6. The first kappa shape index (κ1) is 21.4. The first-order valence-corrected chi connectivity index (χ1v) is 11.5. The third-order valence-corrected chi connectivity index (χ3v) is 6.94. The van der Waals surface area contributed by atoms with Crippen LogP contribution in [0.15, 0.2) is 18.0 Å². The summed E-state index contributed by atoms with van der Waals surface area (Å²) in [5, 5.41) is 5.08. The Kier molecular flexibility index (Phi) is 7.37. The lowest BCUT2D eigenvalue weighted by atomic mass is 10.1. The SMILES string of the molecule is C=CCNc1nc(C(=O)OCC(=O)N([C@@H]2CCS(=O)(=O)C2)[C@H](C)CC)cs1. The van der Waals surface area contributed by atoms with E-state index in [1.807, 2.05) is 13.8 Å². The zero-order valence-corrected chi connectivity index (χ0v) is 17.1. The number of sulfone groups is 1. The Balaban J connectivity index is 1.97. The lowest BCUT2D eigenvalue weighted by molar-refractivity contribution is -0.138. The number of hydrogen-bond acceptors (Lipinski definition) is 8. The molecule has 1 N–H and O–H groups in total. The van der Waals surface area contributed by atoms with Crippen LogP contribution >= 0.6 is 11.3 Å². The highest BCUT2D eigenvalue weighted by Crippen LogP contribution is 2.22. The van der Waals surface area contributed by atoms with Gasteiger partial charge in [-0.05, 0) is 19.8 Å². The van der Waals surface area contributed by atoms with E-state index >= 15 is 0 Å². The number of amides is 1. The number of nitrogens with one attached hydrogen (secondary N) is 1. The van der Waals surface area contributed by atoms with Crippen molar-refractivity contribution in [2.75, 3.05) is 30.0 Å². The Hall–Kier alpha value is -1.94. The molecule has 1 amide bonds. The number of thiazole rings is 1. The maximum atomic E-state index is 12.6. The van der Waals surface area contributed by atoms with Gasteiger partial charge in [-0.2, -0.15) is 0 Å². The van der Waals surface area contributed by atoms with Gasteiger partial charge in [0.25, 0.3) is 5.91 Å². The maximum absolute atomic E-state index is 12.6. The Morgan fingerprint density at radius 1 is 1.56 bits per heavy atom. The van der Waals surface area contributed by atoms with Gasteiger partial charge >= 0.3 is 5.97 Å². The van der Waals surface area contributed by atoms with Gasteiger partial charge < -0.3 is 15.0 Å². The zero-order chi connectivity index (χ0) is 20.0. The molecular weight excluding hydrogens is 390 g/mol. The van der Waals surface area contributed by atoms with Crippen molar-refractivity contribution in [2.24, 2.45) is 0 Å². The molecule has 150 valence electrons. The van der Waals surface area contributed by atoms with E-state index in [1.54, 1.807) is 16.4 Å². The summed E-state index contributed by atoms with van der Waals surface area (Å²) in [6, 6.07) is -0.506. The molecule has 0 unspecified atom stereocenters. The fraction of sp³-hybridized carbons (Fsp3) is 0.588. The van der Waals surface area contributed by atoms with Crippen molar-refractivity contribution in [3.8, 4) is 0 Å². The standard InChI is InChI=1S/C17H25N3O5S2/c1-4-7-18-17-19-14(10-26-17)16(22)25-9-15(21)20(12(3)5-2)13-6-8-27(23,24)11-13/h4,10,12-13H,1,5-9,11H2,2-3H3,(H,18,19)/t12-,13-/m1/s1.